The van der Waals surface area contributed by atoms with Crippen molar-refractivity contribution in [1.29, 1.82) is 5.26 Å². The molecule has 0 aromatic heterocycles. The fraction of sp³-hybridized carbons (Fsp3) is 0.708. The molecule has 0 aliphatic heterocycles. The zero-order chi connectivity index (χ0) is 22.0. The van der Waals surface area contributed by atoms with Gasteiger partial charge < -0.3 is 10.4 Å². The maximum absolute atomic E-state index is 12.6. The number of aliphatic hydroxyl groups is 1. The minimum absolute atomic E-state index is 0.0271. The lowest BCUT2D eigenvalue weighted by Crippen LogP contribution is -2.22. The van der Waals surface area contributed by atoms with Gasteiger partial charge >= 0.3 is 0 Å². The molecule has 2 N–H and O–H groups in total. The van der Waals surface area contributed by atoms with Gasteiger partial charge in [0.25, 0.3) is 0 Å². The average Bonchev–Trinajstić information content (AvgIpc) is 2.93. The summed E-state index contributed by atoms with van der Waals surface area (Å²) in [5, 5.41) is 21.6. The summed E-state index contributed by atoms with van der Waals surface area (Å²) in [4.78, 5) is 25.0. The van der Waals surface area contributed by atoms with Gasteiger partial charge in [-0.15, -0.1) is 0 Å². The second-order valence-electron chi connectivity index (χ2n) is 8.90. The Morgan fingerprint density at radius 3 is 2.45 bits per heavy atom. The van der Waals surface area contributed by atoms with Crippen molar-refractivity contribution in [2.75, 3.05) is 19.7 Å². The minimum atomic E-state index is -0.326. The Morgan fingerprint density at radius 1 is 1.21 bits per heavy atom. The van der Waals surface area contributed by atoms with E-state index in [0.717, 1.165) is 18.5 Å². The van der Waals surface area contributed by atoms with Crippen LogP contribution in [0.15, 0.2) is 22.3 Å². The first-order valence-electron chi connectivity index (χ1n) is 10.9. The van der Waals surface area contributed by atoms with Crippen LogP contribution in [0.25, 0.3) is 0 Å². The van der Waals surface area contributed by atoms with Crippen LogP contribution in [0.1, 0.15) is 79.6 Å². The molecule has 0 bridgehead atoms. The number of nitrogens with one attached hydrogen (secondary N) is 1. The SMILES string of the molecule is CC1=C(C#N)/C(=C2/C(=O)CC(CCCO)C2=O)CC(C)(C)C1.CCCCNCC. The van der Waals surface area contributed by atoms with E-state index in [9.17, 15) is 14.9 Å². The number of hydrogen-bond acceptors (Lipinski definition) is 5. The van der Waals surface area contributed by atoms with Crippen LogP contribution in [0.2, 0.25) is 0 Å². The highest BCUT2D eigenvalue weighted by atomic mass is 16.3. The van der Waals surface area contributed by atoms with Gasteiger partial charge in [-0.2, -0.15) is 5.26 Å². The zero-order valence-corrected chi connectivity index (χ0v) is 18.9. The molecule has 0 aromatic carbocycles. The van der Waals surface area contributed by atoms with E-state index in [1.54, 1.807) is 0 Å². The molecule has 162 valence electrons. The Morgan fingerprint density at radius 2 is 1.90 bits per heavy atom. The van der Waals surface area contributed by atoms with E-state index < -0.39 is 0 Å². The lowest BCUT2D eigenvalue weighted by Gasteiger charge is -2.32. The normalized spacial score (nSPS) is 23.7. The number of aliphatic hydroxyl groups excluding tert-OH is 1. The van der Waals surface area contributed by atoms with Crippen LogP contribution in [0.5, 0.6) is 0 Å². The van der Waals surface area contributed by atoms with Crippen LogP contribution in [-0.2, 0) is 9.59 Å². The van der Waals surface area contributed by atoms with Crippen molar-refractivity contribution in [3.8, 4) is 6.07 Å². The molecule has 1 unspecified atom stereocenters. The number of ketones is 2. The predicted molar refractivity (Wildman–Crippen MR) is 116 cm³/mol. The Hall–Kier alpha value is -1.77. The third-order valence-electron chi connectivity index (χ3n) is 5.54. The zero-order valence-electron chi connectivity index (χ0n) is 18.9. The minimum Gasteiger partial charge on any atom is -0.396 e. The van der Waals surface area contributed by atoms with E-state index in [1.807, 2.05) is 6.92 Å². The summed E-state index contributed by atoms with van der Waals surface area (Å²) in [6.07, 6.45) is 5.29. The standard InChI is InChI=1S/C18H23NO3.C6H15N/c1-11-8-18(2,3)9-13(14(11)10-19)16-15(21)7-12(17(16)22)5-4-6-20;1-3-5-6-7-4-2/h12,20H,4-9H2,1-3H3;7H,3-6H2,1-2H3/b16-13-;. The summed E-state index contributed by atoms with van der Waals surface area (Å²) in [6, 6.07) is 2.19. The van der Waals surface area contributed by atoms with Crippen LogP contribution in [0.4, 0.5) is 0 Å². The second kappa shape index (κ2) is 12.0. The van der Waals surface area contributed by atoms with Gasteiger partial charge in [-0.05, 0) is 63.1 Å². The van der Waals surface area contributed by atoms with Crippen molar-refractivity contribution < 1.29 is 14.7 Å². The van der Waals surface area contributed by atoms with E-state index in [4.69, 9.17) is 5.11 Å². The van der Waals surface area contributed by atoms with Crippen LogP contribution in [-0.4, -0.2) is 36.4 Å². The van der Waals surface area contributed by atoms with Gasteiger partial charge in [0.2, 0.25) is 0 Å². The van der Waals surface area contributed by atoms with Crippen LogP contribution >= 0.6 is 0 Å². The third-order valence-corrected chi connectivity index (χ3v) is 5.54. The third kappa shape index (κ3) is 7.21. The number of nitriles is 1. The van der Waals surface area contributed by atoms with Gasteiger partial charge in [-0.3, -0.25) is 9.59 Å². The van der Waals surface area contributed by atoms with Crippen molar-refractivity contribution in [2.45, 2.75) is 79.6 Å². The maximum atomic E-state index is 12.6. The number of allylic oxidation sites excluding steroid dienone is 4. The summed E-state index contributed by atoms with van der Waals surface area (Å²) in [5.74, 6) is -0.597. The summed E-state index contributed by atoms with van der Waals surface area (Å²) >= 11 is 0. The number of hydrogen-bond donors (Lipinski definition) is 2. The van der Waals surface area contributed by atoms with Gasteiger partial charge in [0.1, 0.15) is 0 Å². The summed E-state index contributed by atoms with van der Waals surface area (Å²) in [5.41, 5.74) is 2.35. The fourth-order valence-electron chi connectivity index (χ4n) is 4.20. The molecule has 5 heteroatoms. The first-order chi connectivity index (χ1) is 13.7. The van der Waals surface area contributed by atoms with E-state index in [2.05, 4.69) is 39.1 Å². The molecule has 0 aromatic rings. The largest absolute Gasteiger partial charge is 0.396 e. The molecule has 0 saturated heterocycles. The Kier molecular flexibility index (Phi) is 10.5. The van der Waals surface area contributed by atoms with E-state index in [1.165, 1.54) is 19.4 Å². The van der Waals surface area contributed by atoms with E-state index >= 15 is 0 Å². The van der Waals surface area contributed by atoms with Gasteiger partial charge in [0.05, 0.1) is 17.2 Å². The molecule has 1 fully saturated rings. The Bertz CT molecular complexity index is 691. The number of carbonyl (C=O) groups excluding carboxylic acids is 2. The number of rotatable bonds is 7. The topological polar surface area (TPSA) is 90.2 Å². The molecule has 5 nitrogen and oxygen atoms in total. The molecule has 0 spiro atoms. The lowest BCUT2D eigenvalue weighted by atomic mass is 9.71. The highest BCUT2D eigenvalue weighted by Gasteiger charge is 2.41. The molecular weight excluding hydrogens is 364 g/mol. The first kappa shape index (κ1) is 25.3. The fourth-order valence-corrected chi connectivity index (χ4v) is 4.20. The van der Waals surface area contributed by atoms with Gasteiger partial charge in [0, 0.05) is 18.9 Å². The first-order valence-corrected chi connectivity index (χ1v) is 10.9. The van der Waals surface area contributed by atoms with Gasteiger partial charge in [-0.25, -0.2) is 0 Å². The Labute approximate surface area is 176 Å². The summed E-state index contributed by atoms with van der Waals surface area (Å²) < 4.78 is 0. The molecule has 2 rings (SSSR count). The van der Waals surface area contributed by atoms with Crippen LogP contribution in [0, 0.1) is 22.7 Å². The molecular formula is C24H38N2O3. The number of nitrogens with zero attached hydrogens (tertiary/aromatic N) is 1. The maximum Gasteiger partial charge on any atom is 0.170 e. The van der Waals surface area contributed by atoms with Crippen molar-refractivity contribution in [3.05, 3.63) is 22.3 Å². The Balaban J connectivity index is 0.000000516. The molecule has 0 heterocycles. The average molecular weight is 403 g/mol. The highest BCUT2D eigenvalue weighted by Crippen LogP contribution is 2.44. The van der Waals surface area contributed by atoms with E-state index in [0.29, 0.717) is 30.4 Å². The van der Waals surface area contributed by atoms with Gasteiger partial charge in [-0.1, -0.05) is 39.7 Å². The quantitative estimate of drug-likeness (QED) is 0.377. The second-order valence-corrected chi connectivity index (χ2v) is 8.90. The smallest absolute Gasteiger partial charge is 0.170 e. The summed E-state index contributed by atoms with van der Waals surface area (Å²) in [6.45, 7) is 12.8. The monoisotopic (exact) mass is 402 g/mol. The van der Waals surface area contributed by atoms with Crippen molar-refractivity contribution >= 4 is 11.6 Å². The van der Waals surface area contributed by atoms with Crippen molar-refractivity contribution in [2.24, 2.45) is 11.3 Å². The molecule has 0 amide bonds. The van der Waals surface area contributed by atoms with Gasteiger partial charge in [0.15, 0.2) is 11.6 Å². The number of carbonyl (C=O) groups is 2. The molecule has 0 radical (unpaired) electrons. The number of Topliss-reactive ketones (excluding diaryl/α,β-unsaturated/α-hetero) is 2. The van der Waals surface area contributed by atoms with E-state index in [-0.39, 0.29) is 41.5 Å². The molecule has 29 heavy (non-hydrogen) atoms. The molecule has 1 atom stereocenters. The molecule has 1 saturated carbocycles. The number of unbranched alkanes of at least 4 members (excludes halogenated alkanes) is 1. The van der Waals surface area contributed by atoms with Crippen molar-refractivity contribution in [3.63, 3.8) is 0 Å². The highest BCUT2D eigenvalue weighted by molar-refractivity contribution is 6.27. The predicted octanol–water partition coefficient (Wildman–Crippen LogP) is 4.27. The summed E-state index contributed by atoms with van der Waals surface area (Å²) in [7, 11) is 0. The van der Waals surface area contributed by atoms with Crippen LogP contribution in [0.3, 0.4) is 0 Å². The van der Waals surface area contributed by atoms with Crippen LogP contribution < -0.4 is 5.32 Å². The molecule has 2 aliphatic rings. The lowest BCUT2D eigenvalue weighted by molar-refractivity contribution is -0.118. The molecule has 2 aliphatic carbocycles. The van der Waals surface area contributed by atoms with Crippen molar-refractivity contribution in [1.82, 2.24) is 5.32 Å².